The van der Waals surface area contributed by atoms with Crippen LogP contribution in [0.2, 0.25) is 0 Å². The standard InChI is InChI=1S/C10H23N2.2CH3O.Ti/c1-2-3-9-12-10-7-5-4-6-8-11;2*1-2;/h9,12H,2-8,10-11H2,1H3;2*1H3;/q;2*-1;+2. The third kappa shape index (κ3) is 9.17. The molecule has 0 aromatic heterocycles. The van der Waals surface area contributed by atoms with Crippen molar-refractivity contribution >= 4 is 0 Å². The molecule has 0 bridgehead atoms. The molecule has 0 rings (SSSR count). The topological polar surface area (TPSA) is 56.5 Å². The third-order valence-corrected chi connectivity index (χ3v) is 5.70. The van der Waals surface area contributed by atoms with E-state index in [1.807, 2.05) is 0 Å². The van der Waals surface area contributed by atoms with Crippen molar-refractivity contribution in [2.45, 2.75) is 49.8 Å². The molecule has 0 saturated heterocycles. The van der Waals surface area contributed by atoms with Crippen LogP contribution in [-0.2, 0) is 25.3 Å². The number of nitrogens with two attached hydrogens (primary N) is 1. The molecule has 3 N–H and O–H groups in total. The molecule has 0 aliphatic rings. The van der Waals surface area contributed by atoms with Crippen molar-refractivity contribution in [3.63, 3.8) is 0 Å². The summed E-state index contributed by atoms with van der Waals surface area (Å²) in [6.07, 6.45) is 7.20. The average molecular weight is 281 g/mol. The van der Waals surface area contributed by atoms with Gasteiger partial charge in [-0.1, -0.05) is 0 Å². The molecule has 0 fully saturated rings. The Hall–Kier alpha value is 0.554. The summed E-state index contributed by atoms with van der Waals surface area (Å²) in [5, 5.41) is 3.59. The molecule has 0 spiro atoms. The molecule has 0 saturated carbocycles. The Morgan fingerprint density at radius 1 is 1.12 bits per heavy atom. The van der Waals surface area contributed by atoms with Crippen LogP contribution in [0.15, 0.2) is 0 Å². The van der Waals surface area contributed by atoms with E-state index in [9.17, 15) is 0 Å². The van der Waals surface area contributed by atoms with Gasteiger partial charge >= 0.3 is 113 Å². The molecule has 0 aliphatic heterocycles. The molecule has 0 amide bonds. The summed E-state index contributed by atoms with van der Waals surface area (Å²) in [5.74, 6) is 0. The second-order valence-corrected chi connectivity index (χ2v) is 7.59. The molecule has 103 valence electrons. The van der Waals surface area contributed by atoms with Crippen molar-refractivity contribution < 1.29 is 25.3 Å². The molecule has 0 heterocycles. The summed E-state index contributed by atoms with van der Waals surface area (Å²) in [5.41, 5.74) is 5.46. The molecule has 0 aromatic carbocycles. The van der Waals surface area contributed by atoms with Gasteiger partial charge in [0.2, 0.25) is 0 Å². The molecule has 17 heavy (non-hydrogen) atoms. The van der Waals surface area contributed by atoms with E-state index in [1.165, 1.54) is 25.7 Å². The summed E-state index contributed by atoms with van der Waals surface area (Å²) in [6.45, 7) is 4.09. The van der Waals surface area contributed by atoms with Crippen LogP contribution in [0.25, 0.3) is 0 Å². The first-order chi connectivity index (χ1) is 8.29. The van der Waals surface area contributed by atoms with Gasteiger partial charge in [0.1, 0.15) is 0 Å². The first-order valence-corrected chi connectivity index (χ1v) is 8.86. The second-order valence-electron chi connectivity index (χ2n) is 4.23. The van der Waals surface area contributed by atoms with Crippen LogP contribution in [0.3, 0.4) is 0 Å². The number of hydrogen-bond donors (Lipinski definition) is 2. The van der Waals surface area contributed by atoms with Gasteiger partial charge < -0.3 is 0 Å². The van der Waals surface area contributed by atoms with Gasteiger partial charge in [0, 0.05) is 0 Å². The van der Waals surface area contributed by atoms with Crippen molar-refractivity contribution in [3.8, 4) is 0 Å². The molecular formula is C12H29N2O2Ti. The Morgan fingerprint density at radius 3 is 2.29 bits per heavy atom. The summed E-state index contributed by atoms with van der Waals surface area (Å²) < 4.78 is 11.4. The zero-order valence-corrected chi connectivity index (χ0v) is 13.2. The number of rotatable bonds is 12. The summed E-state index contributed by atoms with van der Waals surface area (Å²) in [7, 11) is 3.54. The van der Waals surface area contributed by atoms with Crippen molar-refractivity contribution in [1.29, 1.82) is 0 Å². The molecular weight excluding hydrogens is 252 g/mol. The maximum absolute atomic E-state index is 5.48. The van der Waals surface area contributed by atoms with E-state index >= 15 is 0 Å². The summed E-state index contributed by atoms with van der Waals surface area (Å²) >= 11 is -1.80. The Labute approximate surface area is 113 Å². The molecule has 1 atom stereocenters. The predicted octanol–water partition coefficient (Wildman–Crippen LogP) is 1.96. The van der Waals surface area contributed by atoms with Gasteiger partial charge in [-0.05, 0) is 0 Å². The molecule has 4 nitrogen and oxygen atoms in total. The van der Waals surface area contributed by atoms with Crippen LogP contribution in [0.1, 0.15) is 45.4 Å². The fourth-order valence-electron chi connectivity index (χ4n) is 1.86. The molecule has 0 aromatic rings. The van der Waals surface area contributed by atoms with E-state index in [2.05, 4.69) is 12.2 Å². The third-order valence-electron chi connectivity index (χ3n) is 2.79. The van der Waals surface area contributed by atoms with Crippen LogP contribution in [0.4, 0.5) is 0 Å². The predicted molar refractivity (Wildman–Crippen MR) is 68.2 cm³/mol. The van der Waals surface area contributed by atoms with Crippen LogP contribution in [-0.4, -0.2) is 31.7 Å². The zero-order chi connectivity index (χ0) is 12.9. The van der Waals surface area contributed by atoms with Crippen molar-refractivity contribution in [1.82, 2.24) is 5.32 Å². The van der Waals surface area contributed by atoms with Gasteiger partial charge in [-0.25, -0.2) is 0 Å². The maximum atomic E-state index is 5.48. The SMILES string of the molecule is CCC[CH](NCCCCCCN)[Ti]([O]C)[O]C. The van der Waals surface area contributed by atoms with Gasteiger partial charge in [-0.3, -0.25) is 0 Å². The summed E-state index contributed by atoms with van der Waals surface area (Å²) in [4.78, 5) is 0. The summed E-state index contributed by atoms with van der Waals surface area (Å²) in [6, 6.07) is 0. The van der Waals surface area contributed by atoms with E-state index in [1.54, 1.807) is 14.2 Å². The number of hydrogen-bond acceptors (Lipinski definition) is 4. The van der Waals surface area contributed by atoms with Crippen molar-refractivity contribution in [2.24, 2.45) is 5.73 Å². The molecule has 5 heteroatoms. The quantitative estimate of drug-likeness (QED) is 0.424. The average Bonchev–Trinajstić information content (AvgIpc) is 2.35. The zero-order valence-electron chi connectivity index (χ0n) is 11.6. The molecule has 0 radical (unpaired) electrons. The van der Waals surface area contributed by atoms with E-state index in [0.717, 1.165) is 25.9 Å². The monoisotopic (exact) mass is 281 g/mol. The van der Waals surface area contributed by atoms with Crippen LogP contribution in [0.5, 0.6) is 0 Å². The van der Waals surface area contributed by atoms with Gasteiger partial charge in [0.05, 0.1) is 0 Å². The second kappa shape index (κ2) is 13.0. The van der Waals surface area contributed by atoms with Crippen LogP contribution < -0.4 is 11.1 Å². The first kappa shape index (κ1) is 17.6. The fourth-order valence-corrected chi connectivity index (χ4v) is 4.31. The van der Waals surface area contributed by atoms with Gasteiger partial charge in [-0.15, -0.1) is 0 Å². The minimum atomic E-state index is -1.80. The fraction of sp³-hybridized carbons (Fsp3) is 1.00. The first-order valence-electron chi connectivity index (χ1n) is 6.68. The Kier molecular flexibility index (Phi) is 13.4. The molecule has 1 unspecified atom stereocenters. The Morgan fingerprint density at radius 2 is 1.76 bits per heavy atom. The number of unbranched alkanes of at least 4 members (excludes halogenated alkanes) is 3. The van der Waals surface area contributed by atoms with E-state index < -0.39 is 18.6 Å². The van der Waals surface area contributed by atoms with Crippen LogP contribution in [0, 0.1) is 0 Å². The van der Waals surface area contributed by atoms with Gasteiger partial charge in [-0.2, -0.15) is 0 Å². The van der Waals surface area contributed by atoms with Crippen molar-refractivity contribution in [2.75, 3.05) is 27.3 Å². The van der Waals surface area contributed by atoms with Gasteiger partial charge in [0.15, 0.2) is 0 Å². The van der Waals surface area contributed by atoms with E-state index in [0.29, 0.717) is 4.35 Å². The Balaban J connectivity index is 3.69. The van der Waals surface area contributed by atoms with Crippen molar-refractivity contribution in [3.05, 3.63) is 0 Å². The van der Waals surface area contributed by atoms with E-state index in [4.69, 9.17) is 12.4 Å². The van der Waals surface area contributed by atoms with Gasteiger partial charge in [0.25, 0.3) is 0 Å². The van der Waals surface area contributed by atoms with Crippen LogP contribution >= 0.6 is 0 Å². The number of nitrogens with one attached hydrogen (secondary N) is 1. The molecule has 0 aliphatic carbocycles. The van der Waals surface area contributed by atoms with E-state index in [-0.39, 0.29) is 0 Å². The normalized spacial score (nSPS) is 12.7. The Bertz CT molecular complexity index is 157. The minimum absolute atomic E-state index is 0.463.